The number of nitrogens with zero attached hydrogens (tertiary/aromatic N) is 3. The Labute approximate surface area is 134 Å². The number of ether oxygens (including phenoxy) is 1. The molecule has 0 aliphatic carbocycles. The van der Waals surface area contributed by atoms with Gasteiger partial charge in [-0.1, -0.05) is 0 Å². The summed E-state index contributed by atoms with van der Waals surface area (Å²) in [6, 6.07) is 1.74. The highest BCUT2D eigenvalue weighted by Gasteiger charge is 2.30. The maximum absolute atomic E-state index is 12.7. The van der Waals surface area contributed by atoms with Crippen LogP contribution in [-0.2, 0) is 0 Å². The first-order chi connectivity index (χ1) is 11.0. The van der Waals surface area contributed by atoms with E-state index in [-0.39, 0.29) is 17.9 Å². The van der Waals surface area contributed by atoms with E-state index in [4.69, 9.17) is 10.5 Å². The van der Waals surface area contributed by atoms with Crippen molar-refractivity contribution in [1.82, 2.24) is 20.1 Å². The van der Waals surface area contributed by atoms with Crippen LogP contribution in [0.15, 0.2) is 24.7 Å². The third-order valence-corrected chi connectivity index (χ3v) is 3.92. The molecule has 0 bridgehead atoms. The normalized spacial score (nSPS) is 17.7. The van der Waals surface area contributed by atoms with Crippen molar-refractivity contribution in [2.75, 3.05) is 18.8 Å². The van der Waals surface area contributed by atoms with E-state index in [9.17, 15) is 4.79 Å². The summed E-state index contributed by atoms with van der Waals surface area (Å²) in [6.07, 6.45) is 5.72. The number of aromatic amines is 1. The van der Waals surface area contributed by atoms with Crippen LogP contribution in [0.3, 0.4) is 0 Å². The zero-order chi connectivity index (χ0) is 16.4. The van der Waals surface area contributed by atoms with Crippen LogP contribution in [0.4, 0.5) is 5.69 Å². The van der Waals surface area contributed by atoms with Gasteiger partial charge < -0.3 is 15.4 Å². The molecule has 1 saturated heterocycles. The second-order valence-corrected chi connectivity index (χ2v) is 6.05. The molecule has 1 amide bonds. The molecule has 1 fully saturated rings. The number of nitrogens with two attached hydrogens (primary N) is 1. The van der Waals surface area contributed by atoms with Gasteiger partial charge in [0.1, 0.15) is 5.75 Å². The number of likely N-dealkylation sites (tertiary alicyclic amines) is 1. The summed E-state index contributed by atoms with van der Waals surface area (Å²) in [7, 11) is 0. The van der Waals surface area contributed by atoms with Gasteiger partial charge in [-0.15, -0.1) is 0 Å². The average molecular weight is 315 g/mol. The van der Waals surface area contributed by atoms with Gasteiger partial charge in [0.05, 0.1) is 35.4 Å². The lowest BCUT2D eigenvalue weighted by Crippen LogP contribution is -2.28. The number of anilines is 1. The maximum atomic E-state index is 12.7. The molecular weight excluding hydrogens is 294 g/mol. The van der Waals surface area contributed by atoms with Gasteiger partial charge in [-0.2, -0.15) is 5.10 Å². The molecule has 1 unspecified atom stereocenters. The number of nitrogens with one attached hydrogen (secondary N) is 1. The monoisotopic (exact) mass is 315 g/mol. The number of hydrogen-bond donors (Lipinski definition) is 2. The van der Waals surface area contributed by atoms with E-state index < -0.39 is 0 Å². The van der Waals surface area contributed by atoms with Crippen LogP contribution in [0.1, 0.15) is 42.2 Å². The number of carbonyl (C=O) groups excluding carboxylic acids is 1. The third kappa shape index (κ3) is 3.28. The van der Waals surface area contributed by atoms with E-state index in [1.54, 1.807) is 24.7 Å². The van der Waals surface area contributed by atoms with Crippen LogP contribution >= 0.6 is 0 Å². The molecule has 122 valence electrons. The van der Waals surface area contributed by atoms with Gasteiger partial charge in [-0.3, -0.25) is 14.9 Å². The molecule has 3 rings (SSSR count). The molecule has 1 atom stereocenters. The summed E-state index contributed by atoms with van der Waals surface area (Å²) >= 11 is 0. The smallest absolute Gasteiger partial charge is 0.255 e. The van der Waals surface area contributed by atoms with Crippen LogP contribution in [0.2, 0.25) is 0 Å². The SMILES string of the molecule is CC(C)Oc1cncc(C(=O)N2CCC(c3[nH]ncc3N)C2)c1. The third-order valence-electron chi connectivity index (χ3n) is 3.92. The number of hydrogen-bond acceptors (Lipinski definition) is 5. The highest BCUT2D eigenvalue weighted by molar-refractivity contribution is 5.94. The summed E-state index contributed by atoms with van der Waals surface area (Å²) in [5.74, 6) is 0.774. The number of H-pyrrole nitrogens is 1. The zero-order valence-corrected chi connectivity index (χ0v) is 13.3. The number of carbonyl (C=O) groups is 1. The molecule has 1 aliphatic heterocycles. The maximum Gasteiger partial charge on any atom is 0.255 e. The van der Waals surface area contributed by atoms with Gasteiger partial charge in [0.25, 0.3) is 5.91 Å². The van der Waals surface area contributed by atoms with Crippen molar-refractivity contribution < 1.29 is 9.53 Å². The summed E-state index contributed by atoms with van der Waals surface area (Å²) in [4.78, 5) is 18.6. The van der Waals surface area contributed by atoms with Crippen molar-refractivity contribution in [2.24, 2.45) is 0 Å². The Morgan fingerprint density at radius 3 is 2.96 bits per heavy atom. The van der Waals surface area contributed by atoms with Gasteiger partial charge >= 0.3 is 0 Å². The molecular formula is C16H21N5O2. The predicted octanol–water partition coefficient (Wildman–Crippen LogP) is 1.80. The summed E-state index contributed by atoms with van der Waals surface area (Å²) < 4.78 is 5.60. The summed E-state index contributed by atoms with van der Waals surface area (Å²) in [5.41, 5.74) is 8.00. The molecule has 23 heavy (non-hydrogen) atoms. The second-order valence-electron chi connectivity index (χ2n) is 6.05. The van der Waals surface area contributed by atoms with Crippen molar-refractivity contribution in [2.45, 2.75) is 32.3 Å². The Kier molecular flexibility index (Phi) is 4.18. The predicted molar refractivity (Wildman–Crippen MR) is 86.3 cm³/mol. The van der Waals surface area contributed by atoms with Crippen molar-refractivity contribution >= 4 is 11.6 Å². The number of pyridine rings is 1. The number of amides is 1. The van der Waals surface area contributed by atoms with E-state index in [0.717, 1.165) is 12.1 Å². The lowest BCUT2D eigenvalue weighted by molar-refractivity contribution is 0.0789. The standard InChI is InChI=1S/C16H21N5O2/c1-10(2)23-13-5-12(6-18-7-13)16(22)21-4-3-11(9-21)15-14(17)8-19-20-15/h5-8,10-11H,3-4,9,17H2,1-2H3,(H,19,20). The lowest BCUT2D eigenvalue weighted by Gasteiger charge is -2.17. The Hall–Kier alpha value is -2.57. The second kappa shape index (κ2) is 6.28. The van der Waals surface area contributed by atoms with Crippen LogP contribution < -0.4 is 10.5 Å². The molecule has 0 radical (unpaired) electrons. The zero-order valence-electron chi connectivity index (χ0n) is 13.3. The molecule has 3 N–H and O–H groups in total. The summed E-state index contributed by atoms with van der Waals surface area (Å²) in [6.45, 7) is 5.19. The number of aromatic nitrogens is 3. The van der Waals surface area contributed by atoms with Gasteiger partial charge in [0.2, 0.25) is 0 Å². The topological polar surface area (TPSA) is 97.1 Å². The van der Waals surface area contributed by atoms with Gasteiger partial charge in [0.15, 0.2) is 0 Å². The van der Waals surface area contributed by atoms with Crippen LogP contribution in [-0.4, -0.2) is 45.2 Å². The average Bonchev–Trinajstić information content (AvgIpc) is 3.14. The highest BCUT2D eigenvalue weighted by Crippen LogP contribution is 2.30. The van der Waals surface area contributed by atoms with E-state index in [0.29, 0.717) is 30.1 Å². The molecule has 7 heteroatoms. The van der Waals surface area contributed by atoms with Gasteiger partial charge in [-0.25, -0.2) is 0 Å². The fourth-order valence-corrected chi connectivity index (χ4v) is 2.87. The van der Waals surface area contributed by atoms with E-state index in [1.165, 1.54) is 0 Å². The largest absolute Gasteiger partial charge is 0.489 e. The Morgan fingerprint density at radius 1 is 1.43 bits per heavy atom. The van der Waals surface area contributed by atoms with Gasteiger partial charge in [-0.05, 0) is 26.3 Å². The van der Waals surface area contributed by atoms with Crippen molar-refractivity contribution in [3.8, 4) is 5.75 Å². The Bertz CT molecular complexity index is 697. The molecule has 2 aromatic rings. The van der Waals surface area contributed by atoms with Crippen molar-refractivity contribution in [3.63, 3.8) is 0 Å². The molecule has 0 spiro atoms. The van der Waals surface area contributed by atoms with Crippen LogP contribution in [0.5, 0.6) is 5.75 Å². The van der Waals surface area contributed by atoms with Crippen molar-refractivity contribution in [3.05, 3.63) is 35.9 Å². The Morgan fingerprint density at radius 2 is 2.26 bits per heavy atom. The first kappa shape index (κ1) is 15.3. The molecule has 0 aromatic carbocycles. The fraction of sp³-hybridized carbons (Fsp3) is 0.438. The molecule has 1 aliphatic rings. The van der Waals surface area contributed by atoms with E-state index in [1.807, 2.05) is 18.7 Å². The van der Waals surface area contributed by atoms with E-state index >= 15 is 0 Å². The molecule has 2 aromatic heterocycles. The Balaban J connectivity index is 1.71. The highest BCUT2D eigenvalue weighted by atomic mass is 16.5. The van der Waals surface area contributed by atoms with Crippen LogP contribution in [0.25, 0.3) is 0 Å². The van der Waals surface area contributed by atoms with Crippen molar-refractivity contribution in [1.29, 1.82) is 0 Å². The first-order valence-electron chi connectivity index (χ1n) is 7.74. The van der Waals surface area contributed by atoms with Gasteiger partial charge in [0, 0.05) is 25.2 Å². The minimum Gasteiger partial charge on any atom is -0.489 e. The number of rotatable bonds is 4. The minimum absolute atomic E-state index is 0.0349. The van der Waals surface area contributed by atoms with Crippen LogP contribution in [0, 0.1) is 0 Å². The lowest BCUT2D eigenvalue weighted by atomic mass is 10.0. The fourth-order valence-electron chi connectivity index (χ4n) is 2.87. The van der Waals surface area contributed by atoms with E-state index in [2.05, 4.69) is 15.2 Å². The first-order valence-corrected chi connectivity index (χ1v) is 7.74. The molecule has 0 saturated carbocycles. The molecule has 7 nitrogen and oxygen atoms in total. The minimum atomic E-state index is -0.0349. The number of nitrogen functional groups attached to an aromatic ring is 1. The molecule has 3 heterocycles. The summed E-state index contributed by atoms with van der Waals surface area (Å²) in [5, 5.41) is 6.89. The quantitative estimate of drug-likeness (QED) is 0.896.